The minimum absolute atomic E-state index is 0.108. The Morgan fingerprint density at radius 1 is 1.12 bits per heavy atom. The molecule has 0 aromatic heterocycles. The highest BCUT2D eigenvalue weighted by Crippen LogP contribution is 2.15. The van der Waals surface area contributed by atoms with Gasteiger partial charge in [0.25, 0.3) is 5.91 Å². The van der Waals surface area contributed by atoms with Gasteiger partial charge in [-0.25, -0.2) is 4.79 Å². The van der Waals surface area contributed by atoms with Crippen LogP contribution in [0.5, 0.6) is 5.75 Å². The first-order valence-corrected chi connectivity index (χ1v) is 8.23. The van der Waals surface area contributed by atoms with E-state index in [1.165, 1.54) is 12.7 Å². The fourth-order valence-electron chi connectivity index (χ4n) is 2.39. The highest BCUT2D eigenvalue weighted by molar-refractivity contribution is 5.89. The van der Waals surface area contributed by atoms with E-state index in [2.05, 4.69) is 29.1 Å². The standard InChI is InChI=1S/C20H23NO4/c1-4-15-8-10-16(11-9-15)14(2)21-19(22)13-25-18-7-5-6-17(12-18)20(23)24-3/h5-12,14H,4,13H2,1-3H3,(H,21,22)/t14-/m1/s1. The summed E-state index contributed by atoms with van der Waals surface area (Å²) in [5, 5.41) is 2.90. The molecule has 1 N–H and O–H groups in total. The summed E-state index contributed by atoms with van der Waals surface area (Å²) in [6.45, 7) is 3.91. The van der Waals surface area contributed by atoms with Crippen molar-refractivity contribution in [2.45, 2.75) is 26.3 Å². The Bertz CT molecular complexity index is 725. The number of esters is 1. The number of hydrogen-bond acceptors (Lipinski definition) is 4. The van der Waals surface area contributed by atoms with Crippen molar-refractivity contribution in [3.8, 4) is 5.75 Å². The van der Waals surface area contributed by atoms with Gasteiger partial charge in [0.15, 0.2) is 6.61 Å². The SMILES string of the molecule is CCc1ccc([C@@H](C)NC(=O)COc2cccc(C(=O)OC)c2)cc1. The fourth-order valence-corrected chi connectivity index (χ4v) is 2.39. The molecule has 5 nitrogen and oxygen atoms in total. The van der Waals surface area contributed by atoms with Crippen LogP contribution in [-0.2, 0) is 16.0 Å². The van der Waals surface area contributed by atoms with E-state index in [1.807, 2.05) is 19.1 Å². The monoisotopic (exact) mass is 341 g/mol. The summed E-state index contributed by atoms with van der Waals surface area (Å²) >= 11 is 0. The van der Waals surface area contributed by atoms with Crippen molar-refractivity contribution < 1.29 is 19.1 Å². The van der Waals surface area contributed by atoms with Gasteiger partial charge in [0.1, 0.15) is 5.75 Å². The van der Waals surface area contributed by atoms with Crippen LogP contribution in [0.1, 0.15) is 41.4 Å². The first-order valence-electron chi connectivity index (χ1n) is 8.23. The van der Waals surface area contributed by atoms with Crippen molar-refractivity contribution in [2.24, 2.45) is 0 Å². The number of aryl methyl sites for hydroxylation is 1. The number of rotatable bonds is 7. The summed E-state index contributed by atoms with van der Waals surface area (Å²) in [6, 6.07) is 14.6. The molecule has 0 radical (unpaired) electrons. The third kappa shape index (κ3) is 5.35. The summed E-state index contributed by atoms with van der Waals surface area (Å²) in [5.74, 6) is -0.229. The van der Waals surface area contributed by atoms with Crippen LogP contribution in [0, 0.1) is 0 Å². The number of amides is 1. The molecule has 0 saturated carbocycles. The summed E-state index contributed by atoms with van der Waals surface area (Å²) < 4.78 is 10.1. The number of hydrogen-bond donors (Lipinski definition) is 1. The number of ether oxygens (including phenoxy) is 2. The highest BCUT2D eigenvalue weighted by Gasteiger charge is 2.11. The average Bonchev–Trinajstić information content (AvgIpc) is 2.66. The Kier molecular flexibility index (Phi) is 6.57. The molecule has 0 fully saturated rings. The minimum Gasteiger partial charge on any atom is -0.484 e. The number of carbonyl (C=O) groups excluding carboxylic acids is 2. The molecular weight excluding hydrogens is 318 g/mol. The molecule has 25 heavy (non-hydrogen) atoms. The summed E-state index contributed by atoms with van der Waals surface area (Å²) in [5.41, 5.74) is 2.68. The molecule has 2 aromatic rings. The highest BCUT2D eigenvalue weighted by atomic mass is 16.5. The molecule has 1 atom stereocenters. The van der Waals surface area contributed by atoms with Gasteiger partial charge in [0.05, 0.1) is 18.7 Å². The lowest BCUT2D eigenvalue weighted by Gasteiger charge is -2.15. The lowest BCUT2D eigenvalue weighted by atomic mass is 10.1. The average molecular weight is 341 g/mol. The van der Waals surface area contributed by atoms with Crippen molar-refractivity contribution in [3.05, 3.63) is 65.2 Å². The molecule has 2 aromatic carbocycles. The number of methoxy groups -OCH3 is 1. The van der Waals surface area contributed by atoms with Crippen LogP contribution in [0.25, 0.3) is 0 Å². The maximum atomic E-state index is 12.1. The summed E-state index contributed by atoms with van der Waals surface area (Å²) in [4.78, 5) is 23.6. The van der Waals surface area contributed by atoms with Gasteiger partial charge in [0, 0.05) is 0 Å². The molecule has 0 unspecified atom stereocenters. The van der Waals surface area contributed by atoms with Crippen LogP contribution in [0.3, 0.4) is 0 Å². The third-order valence-corrected chi connectivity index (χ3v) is 3.89. The van der Waals surface area contributed by atoms with E-state index in [1.54, 1.807) is 24.3 Å². The van der Waals surface area contributed by atoms with Gasteiger partial charge in [-0.1, -0.05) is 37.3 Å². The van der Waals surface area contributed by atoms with E-state index in [9.17, 15) is 9.59 Å². The third-order valence-electron chi connectivity index (χ3n) is 3.89. The summed E-state index contributed by atoms with van der Waals surface area (Å²) in [7, 11) is 1.32. The summed E-state index contributed by atoms with van der Waals surface area (Å²) in [6.07, 6.45) is 0.986. The molecule has 0 bridgehead atoms. The van der Waals surface area contributed by atoms with Crippen molar-refractivity contribution in [3.63, 3.8) is 0 Å². The van der Waals surface area contributed by atoms with Gasteiger partial charge in [-0.2, -0.15) is 0 Å². The van der Waals surface area contributed by atoms with Crippen molar-refractivity contribution in [1.82, 2.24) is 5.32 Å². The van der Waals surface area contributed by atoms with Crippen LogP contribution in [0.15, 0.2) is 48.5 Å². The zero-order chi connectivity index (χ0) is 18.2. The van der Waals surface area contributed by atoms with Crippen molar-refractivity contribution in [2.75, 3.05) is 13.7 Å². The first kappa shape index (κ1) is 18.5. The number of benzene rings is 2. The second kappa shape index (κ2) is 8.87. The zero-order valence-electron chi connectivity index (χ0n) is 14.7. The zero-order valence-corrected chi connectivity index (χ0v) is 14.7. The molecule has 0 saturated heterocycles. The van der Waals surface area contributed by atoms with Crippen LogP contribution in [0.4, 0.5) is 0 Å². The lowest BCUT2D eigenvalue weighted by Crippen LogP contribution is -2.31. The number of carbonyl (C=O) groups is 2. The van der Waals surface area contributed by atoms with E-state index in [-0.39, 0.29) is 18.6 Å². The molecule has 132 valence electrons. The molecule has 0 aliphatic carbocycles. The minimum atomic E-state index is -0.445. The van der Waals surface area contributed by atoms with Gasteiger partial charge in [-0.15, -0.1) is 0 Å². The Morgan fingerprint density at radius 2 is 1.84 bits per heavy atom. The Hall–Kier alpha value is -2.82. The molecule has 1 amide bonds. The van der Waals surface area contributed by atoms with Gasteiger partial charge >= 0.3 is 5.97 Å². The Balaban J connectivity index is 1.88. The Morgan fingerprint density at radius 3 is 2.48 bits per heavy atom. The molecule has 0 aliphatic rings. The smallest absolute Gasteiger partial charge is 0.337 e. The van der Waals surface area contributed by atoms with E-state index in [0.29, 0.717) is 11.3 Å². The van der Waals surface area contributed by atoms with E-state index in [4.69, 9.17) is 4.74 Å². The van der Waals surface area contributed by atoms with Crippen molar-refractivity contribution in [1.29, 1.82) is 0 Å². The maximum Gasteiger partial charge on any atom is 0.337 e. The first-order chi connectivity index (χ1) is 12.0. The van der Waals surface area contributed by atoms with Crippen LogP contribution < -0.4 is 10.1 Å². The van der Waals surface area contributed by atoms with E-state index < -0.39 is 5.97 Å². The second-order valence-corrected chi connectivity index (χ2v) is 5.69. The predicted octanol–water partition coefficient (Wildman–Crippen LogP) is 3.29. The van der Waals surface area contributed by atoms with Gasteiger partial charge in [-0.3, -0.25) is 4.79 Å². The van der Waals surface area contributed by atoms with Gasteiger partial charge in [-0.05, 0) is 42.7 Å². The molecule has 5 heteroatoms. The fraction of sp³-hybridized carbons (Fsp3) is 0.300. The quantitative estimate of drug-likeness (QED) is 0.785. The van der Waals surface area contributed by atoms with E-state index >= 15 is 0 Å². The molecule has 0 heterocycles. The Labute approximate surface area is 148 Å². The normalized spacial score (nSPS) is 11.5. The predicted molar refractivity (Wildman–Crippen MR) is 95.7 cm³/mol. The molecular formula is C20H23NO4. The second-order valence-electron chi connectivity index (χ2n) is 5.69. The maximum absolute atomic E-state index is 12.1. The van der Waals surface area contributed by atoms with Gasteiger partial charge in [0.2, 0.25) is 0 Å². The molecule has 2 rings (SSSR count). The van der Waals surface area contributed by atoms with Crippen LogP contribution >= 0.6 is 0 Å². The largest absolute Gasteiger partial charge is 0.484 e. The lowest BCUT2D eigenvalue weighted by molar-refractivity contribution is -0.123. The molecule has 0 aliphatic heterocycles. The van der Waals surface area contributed by atoms with E-state index in [0.717, 1.165) is 12.0 Å². The topological polar surface area (TPSA) is 64.6 Å². The van der Waals surface area contributed by atoms with Gasteiger partial charge < -0.3 is 14.8 Å². The number of nitrogens with one attached hydrogen (secondary N) is 1. The van der Waals surface area contributed by atoms with Crippen LogP contribution in [-0.4, -0.2) is 25.6 Å². The van der Waals surface area contributed by atoms with Crippen LogP contribution in [0.2, 0.25) is 0 Å². The molecule has 0 spiro atoms. The van der Waals surface area contributed by atoms with Crippen molar-refractivity contribution >= 4 is 11.9 Å².